The van der Waals surface area contributed by atoms with Crippen molar-refractivity contribution in [2.24, 2.45) is 0 Å². The predicted octanol–water partition coefficient (Wildman–Crippen LogP) is 6.16. The van der Waals surface area contributed by atoms with E-state index in [0.29, 0.717) is 0 Å². The second-order valence-electron chi connectivity index (χ2n) is 2.35. The largest absolute Gasteiger partial charge is 0.0991 e. The lowest BCUT2D eigenvalue weighted by atomic mass is 10.2. The van der Waals surface area contributed by atoms with E-state index in [-0.39, 0.29) is 0 Å². The van der Waals surface area contributed by atoms with Gasteiger partial charge in [-0.2, -0.15) is 0 Å². The van der Waals surface area contributed by atoms with Crippen LogP contribution < -0.4 is 0 Å². The van der Waals surface area contributed by atoms with Gasteiger partial charge in [-0.3, -0.25) is 0 Å². The Morgan fingerprint density at radius 3 is 1.60 bits per heavy atom. The molecular formula is C15H32. The fraction of sp³-hybridized carbons (Fsp3) is 0.600. The maximum absolute atomic E-state index is 3.57. The number of hydrogen-bond donors (Lipinski definition) is 0. The number of rotatable bonds is 2. The molecule has 0 rings (SSSR count). The van der Waals surface area contributed by atoms with Gasteiger partial charge >= 0.3 is 0 Å². The van der Waals surface area contributed by atoms with Crippen molar-refractivity contribution >= 4 is 0 Å². The fourth-order valence-electron chi connectivity index (χ4n) is 0.504. The van der Waals surface area contributed by atoms with Gasteiger partial charge in [-0.05, 0) is 13.8 Å². The van der Waals surface area contributed by atoms with Gasteiger partial charge in [0.2, 0.25) is 0 Å². The van der Waals surface area contributed by atoms with Crippen LogP contribution in [-0.4, -0.2) is 0 Å². The Morgan fingerprint density at radius 1 is 1.07 bits per heavy atom. The first-order valence-corrected chi connectivity index (χ1v) is 6.14. The predicted molar refractivity (Wildman–Crippen MR) is 77.4 cm³/mol. The van der Waals surface area contributed by atoms with Crippen molar-refractivity contribution in [1.29, 1.82) is 0 Å². The minimum Gasteiger partial charge on any atom is -0.0991 e. The van der Waals surface area contributed by atoms with E-state index in [2.05, 4.69) is 20.4 Å². The van der Waals surface area contributed by atoms with Crippen molar-refractivity contribution in [2.75, 3.05) is 0 Å². The van der Waals surface area contributed by atoms with E-state index in [1.54, 1.807) is 6.08 Å². The Morgan fingerprint density at radius 2 is 1.40 bits per heavy atom. The Hall–Kier alpha value is -0.780. The van der Waals surface area contributed by atoms with E-state index in [1.807, 2.05) is 59.8 Å². The average Bonchev–Trinajstić information content (AvgIpc) is 2.26. The molecule has 0 aromatic heterocycles. The van der Waals surface area contributed by atoms with Gasteiger partial charge in [0.15, 0.2) is 0 Å². The second-order valence-corrected chi connectivity index (χ2v) is 2.35. The third-order valence-corrected chi connectivity index (χ3v) is 0.810. The molecule has 0 aliphatic heterocycles. The highest BCUT2D eigenvalue weighted by atomic mass is 13.8. The summed E-state index contributed by atoms with van der Waals surface area (Å²) in [5, 5.41) is 0. The van der Waals surface area contributed by atoms with Gasteiger partial charge in [0.1, 0.15) is 0 Å². The van der Waals surface area contributed by atoms with Crippen LogP contribution in [0, 0.1) is 0 Å². The van der Waals surface area contributed by atoms with Crippen molar-refractivity contribution in [1.82, 2.24) is 0 Å². The van der Waals surface area contributed by atoms with E-state index < -0.39 is 0 Å². The second kappa shape index (κ2) is 37.9. The van der Waals surface area contributed by atoms with Gasteiger partial charge in [0, 0.05) is 0 Å². The molecule has 0 aliphatic rings. The molecule has 0 aromatic rings. The van der Waals surface area contributed by atoms with Gasteiger partial charge in [0.25, 0.3) is 0 Å². The molecule has 0 saturated heterocycles. The molecule has 0 heterocycles. The van der Waals surface area contributed by atoms with E-state index in [1.165, 1.54) is 12.0 Å². The summed E-state index contributed by atoms with van der Waals surface area (Å²) in [5.74, 6) is 0. The molecule has 0 amide bonds. The van der Waals surface area contributed by atoms with Crippen LogP contribution in [0.25, 0.3) is 0 Å². The molecular weight excluding hydrogens is 180 g/mol. The van der Waals surface area contributed by atoms with Crippen LogP contribution in [0.1, 0.15) is 61.8 Å². The normalized spacial score (nSPS) is 8.67. The number of hydrogen-bond acceptors (Lipinski definition) is 0. The van der Waals surface area contributed by atoms with Crippen LogP contribution >= 0.6 is 0 Å². The molecule has 0 aliphatic carbocycles. The molecule has 0 unspecified atom stereocenters. The smallest absolute Gasteiger partial charge is 0.0398 e. The summed E-state index contributed by atoms with van der Waals surface area (Å²) in [7, 11) is 0. The van der Waals surface area contributed by atoms with Crippen LogP contribution in [0.5, 0.6) is 0 Å². The van der Waals surface area contributed by atoms with Crippen LogP contribution in [0.2, 0.25) is 0 Å². The molecule has 92 valence electrons. The fourth-order valence-corrected chi connectivity index (χ4v) is 0.504. The van der Waals surface area contributed by atoms with Gasteiger partial charge in [-0.1, -0.05) is 84.4 Å². The Kier molecular flexibility index (Phi) is 60.1. The molecule has 0 nitrogen and oxygen atoms in total. The topological polar surface area (TPSA) is 0 Å². The summed E-state index contributed by atoms with van der Waals surface area (Å²) in [6, 6.07) is 0. The summed E-state index contributed by atoms with van der Waals surface area (Å²) in [6.07, 6.45) is 9.06. The molecule has 0 N–H and O–H groups in total. The lowest BCUT2D eigenvalue weighted by Crippen LogP contribution is -1.61. The zero-order chi connectivity index (χ0) is 13.1. The highest BCUT2D eigenvalue weighted by molar-refractivity contribution is 5.19. The number of allylic oxidation sites excluding steroid dienone is 5. The highest BCUT2D eigenvalue weighted by Crippen LogP contribution is 1.92. The average molecular weight is 212 g/mol. The molecule has 0 atom stereocenters. The standard InChI is InChI=1S/C8H12.C3H8.2C2H6/c1-4-6-8(3)7-5-2;1-3-2;2*1-2/h4-7H,1H2,2-3H3;3H2,1-2H3;2*1-2H3/b7-5-,8-6-;;;. The maximum atomic E-state index is 3.57. The molecule has 0 saturated carbocycles. The SMILES string of the molecule is C=C/C=C(C)\C=C/C.CC.CC.CCC. The Labute approximate surface area is 98.8 Å². The molecule has 0 spiro atoms. The summed E-state index contributed by atoms with van der Waals surface area (Å²) < 4.78 is 0. The third kappa shape index (κ3) is 61.1. The van der Waals surface area contributed by atoms with E-state index in [0.717, 1.165) is 0 Å². The first-order chi connectivity index (χ1) is 7.22. The van der Waals surface area contributed by atoms with Gasteiger partial charge in [0.05, 0.1) is 0 Å². The van der Waals surface area contributed by atoms with Crippen molar-refractivity contribution in [3.8, 4) is 0 Å². The molecule has 0 heteroatoms. The first-order valence-electron chi connectivity index (χ1n) is 6.14. The lowest BCUT2D eigenvalue weighted by molar-refractivity contribution is 1.09. The van der Waals surface area contributed by atoms with E-state index in [4.69, 9.17) is 0 Å². The minimum atomic E-state index is 1.24. The lowest BCUT2D eigenvalue weighted by Gasteiger charge is -1.82. The molecule has 0 radical (unpaired) electrons. The van der Waals surface area contributed by atoms with E-state index >= 15 is 0 Å². The zero-order valence-corrected chi connectivity index (χ0v) is 12.2. The summed E-state index contributed by atoms with van der Waals surface area (Å²) in [6.45, 7) is 19.9. The Bertz CT molecular complexity index is 127. The summed E-state index contributed by atoms with van der Waals surface area (Å²) in [5.41, 5.74) is 1.24. The van der Waals surface area contributed by atoms with Crippen molar-refractivity contribution in [2.45, 2.75) is 61.8 Å². The van der Waals surface area contributed by atoms with Crippen LogP contribution in [0.4, 0.5) is 0 Å². The van der Waals surface area contributed by atoms with Gasteiger partial charge in [-0.15, -0.1) is 0 Å². The molecule has 0 fully saturated rings. The first kappa shape index (κ1) is 23.8. The monoisotopic (exact) mass is 212 g/mol. The third-order valence-electron chi connectivity index (χ3n) is 0.810. The molecule has 15 heavy (non-hydrogen) atoms. The van der Waals surface area contributed by atoms with Crippen molar-refractivity contribution < 1.29 is 0 Å². The van der Waals surface area contributed by atoms with Crippen molar-refractivity contribution in [3.05, 3.63) is 36.5 Å². The summed E-state index contributed by atoms with van der Waals surface area (Å²) in [4.78, 5) is 0. The maximum Gasteiger partial charge on any atom is -0.0398 e. The molecule has 0 aromatic carbocycles. The minimum absolute atomic E-state index is 1.24. The van der Waals surface area contributed by atoms with Gasteiger partial charge in [-0.25, -0.2) is 0 Å². The van der Waals surface area contributed by atoms with Crippen LogP contribution in [0.3, 0.4) is 0 Å². The Balaban J connectivity index is -0.0000000726. The van der Waals surface area contributed by atoms with Gasteiger partial charge < -0.3 is 0 Å². The highest BCUT2D eigenvalue weighted by Gasteiger charge is 1.71. The quantitative estimate of drug-likeness (QED) is 0.481. The summed E-state index contributed by atoms with van der Waals surface area (Å²) >= 11 is 0. The van der Waals surface area contributed by atoms with E-state index in [9.17, 15) is 0 Å². The molecule has 0 bridgehead atoms. The zero-order valence-electron chi connectivity index (χ0n) is 12.2. The van der Waals surface area contributed by atoms with Crippen LogP contribution in [-0.2, 0) is 0 Å². The van der Waals surface area contributed by atoms with Crippen molar-refractivity contribution in [3.63, 3.8) is 0 Å². The van der Waals surface area contributed by atoms with Crippen LogP contribution in [0.15, 0.2) is 36.5 Å².